The Bertz CT molecular complexity index is 203. The third kappa shape index (κ3) is 9.35. The molecule has 6 heteroatoms. The zero-order valence-corrected chi connectivity index (χ0v) is 16.6. The van der Waals surface area contributed by atoms with Crippen LogP contribution in [-0.4, -0.2) is 19.5 Å². The fourth-order valence-corrected chi connectivity index (χ4v) is 7.32. The smallest absolute Gasteiger partial charge is 1.00 e. The van der Waals surface area contributed by atoms with Crippen LogP contribution in [0.1, 0.15) is 54.4 Å². The number of hydrogen-bond donors (Lipinski definition) is 0. The molecule has 0 bridgehead atoms. The van der Waals surface area contributed by atoms with Crippen molar-refractivity contribution in [3.63, 3.8) is 0 Å². The Kier molecular flexibility index (Phi) is 11.8. The fraction of sp³-hybridized carbons (Fsp3) is 1.00. The maximum atomic E-state index is 5.10. The Morgan fingerprint density at radius 1 is 0.722 bits per heavy atom. The van der Waals surface area contributed by atoms with E-state index in [9.17, 15) is 0 Å². The molecule has 2 nitrogen and oxygen atoms in total. The number of rotatable bonds is 2. The normalized spacial score (nSPS) is 18.3. The van der Waals surface area contributed by atoms with E-state index in [1.807, 2.05) is 0 Å². The summed E-state index contributed by atoms with van der Waals surface area (Å²) in [6.45, 7) is 13.2. The van der Waals surface area contributed by atoms with E-state index in [2.05, 4.69) is 41.5 Å². The topological polar surface area (TPSA) is 28.2 Å². The van der Waals surface area contributed by atoms with E-state index in [0.717, 1.165) is 0 Å². The van der Waals surface area contributed by atoms with Crippen molar-refractivity contribution in [3.8, 4) is 0 Å². The molecular formula is C12H26Cl2N2SiTi. The van der Waals surface area contributed by atoms with Gasteiger partial charge in [-0.2, -0.15) is 8.40 Å². The molecule has 106 valence electrons. The average Bonchev–Trinajstić information content (AvgIpc) is 2.27. The summed E-state index contributed by atoms with van der Waals surface area (Å²) in [6, 6.07) is 2.56. The van der Waals surface area contributed by atoms with E-state index in [1.165, 1.54) is 24.9 Å². The monoisotopic (exact) mass is 344 g/mol. The Morgan fingerprint density at radius 2 is 1.00 bits per heavy atom. The van der Waals surface area contributed by atoms with Gasteiger partial charge in [0.2, 0.25) is 0 Å². The average molecular weight is 345 g/mol. The SMILES string of the molecule is CC(C)(C)[N-][Si]1([N-]C(C)(C)C)CCCC1.[Cl-].[Cl-].[Ti+4]. The first-order valence-corrected chi connectivity index (χ1v) is 8.41. The van der Waals surface area contributed by atoms with Crippen LogP contribution in [0.3, 0.4) is 0 Å². The van der Waals surface area contributed by atoms with Crippen LogP contribution in [0.15, 0.2) is 0 Å². The molecule has 1 saturated heterocycles. The van der Waals surface area contributed by atoms with E-state index in [1.54, 1.807) is 0 Å². The number of halogens is 2. The van der Waals surface area contributed by atoms with Crippen molar-refractivity contribution in [2.45, 2.75) is 77.6 Å². The van der Waals surface area contributed by atoms with Gasteiger partial charge in [0, 0.05) is 0 Å². The first kappa shape index (κ1) is 24.4. The summed E-state index contributed by atoms with van der Waals surface area (Å²) in [5.74, 6) is 0. The standard InChI is InChI=1S/C12H26N2Si.2ClH.Ti/c1-11(2,3)13-15(9-7-8-10-15)14-12(4,5)6;;;/h7-10H2,1-6H3;2*1H;/q-2;;;+4/p-2. The summed E-state index contributed by atoms with van der Waals surface area (Å²) in [5, 5.41) is 0. The third-order valence-electron chi connectivity index (χ3n) is 2.49. The molecule has 1 fully saturated rings. The summed E-state index contributed by atoms with van der Waals surface area (Å²) < 4.78 is 0. The van der Waals surface area contributed by atoms with Crippen molar-refractivity contribution < 1.29 is 46.5 Å². The Morgan fingerprint density at radius 3 is 1.22 bits per heavy atom. The minimum Gasteiger partial charge on any atom is -1.00 e. The maximum absolute atomic E-state index is 5.10. The van der Waals surface area contributed by atoms with Crippen molar-refractivity contribution in [3.05, 3.63) is 9.96 Å². The van der Waals surface area contributed by atoms with Crippen LogP contribution in [0.5, 0.6) is 0 Å². The van der Waals surface area contributed by atoms with Crippen LogP contribution < -0.4 is 24.8 Å². The predicted octanol–water partition coefficient (Wildman–Crippen LogP) is -1.43. The molecule has 1 aliphatic rings. The van der Waals surface area contributed by atoms with Crippen LogP contribution >= 0.6 is 0 Å². The van der Waals surface area contributed by atoms with Gasteiger partial charge in [-0.1, -0.05) is 66.5 Å². The molecule has 0 amide bonds. The summed E-state index contributed by atoms with van der Waals surface area (Å²) in [5.41, 5.74) is 0.177. The molecule has 0 atom stereocenters. The molecule has 0 N–H and O–H groups in total. The minimum absolute atomic E-state index is 0. The molecule has 0 spiro atoms. The van der Waals surface area contributed by atoms with Gasteiger partial charge in [-0.25, -0.2) is 0 Å². The summed E-state index contributed by atoms with van der Waals surface area (Å²) >= 11 is 0. The predicted molar refractivity (Wildman–Crippen MR) is 70.8 cm³/mol. The third-order valence-corrected chi connectivity index (χ3v) is 6.97. The second kappa shape index (κ2) is 8.66. The van der Waals surface area contributed by atoms with Gasteiger partial charge in [0.05, 0.1) is 0 Å². The van der Waals surface area contributed by atoms with Crippen molar-refractivity contribution in [1.82, 2.24) is 0 Å². The Balaban J connectivity index is -0.000000750. The number of hydrogen-bond acceptors (Lipinski definition) is 0. The quantitative estimate of drug-likeness (QED) is 0.550. The van der Waals surface area contributed by atoms with Crippen molar-refractivity contribution in [2.24, 2.45) is 0 Å². The van der Waals surface area contributed by atoms with E-state index in [4.69, 9.17) is 9.96 Å². The van der Waals surface area contributed by atoms with E-state index < -0.39 is 8.40 Å². The largest absolute Gasteiger partial charge is 4.00 e. The van der Waals surface area contributed by atoms with Gasteiger partial charge in [-0.05, 0) is 0 Å². The maximum Gasteiger partial charge on any atom is 4.00 e. The van der Waals surface area contributed by atoms with Crippen molar-refractivity contribution in [1.29, 1.82) is 0 Å². The van der Waals surface area contributed by atoms with Gasteiger partial charge >= 0.3 is 21.7 Å². The minimum atomic E-state index is -1.65. The molecule has 1 rings (SSSR count). The van der Waals surface area contributed by atoms with Crippen molar-refractivity contribution in [2.75, 3.05) is 0 Å². The van der Waals surface area contributed by atoms with Gasteiger partial charge in [0.25, 0.3) is 0 Å². The molecule has 0 saturated carbocycles. The molecule has 1 heterocycles. The van der Waals surface area contributed by atoms with Crippen LogP contribution in [0.2, 0.25) is 12.1 Å². The molecule has 0 radical (unpaired) electrons. The number of nitrogens with zero attached hydrogens (tertiary/aromatic N) is 2. The van der Waals surface area contributed by atoms with Crippen molar-refractivity contribution >= 4 is 8.40 Å². The first-order chi connectivity index (χ1) is 6.62. The van der Waals surface area contributed by atoms with Gasteiger partial charge in [-0.15, -0.1) is 11.1 Å². The second-order valence-electron chi connectivity index (χ2n) is 6.75. The second-order valence-corrected chi connectivity index (χ2v) is 10.2. The van der Waals surface area contributed by atoms with Gasteiger partial charge in [0.15, 0.2) is 0 Å². The molecule has 1 aliphatic heterocycles. The molecule has 0 aliphatic carbocycles. The Labute approximate surface area is 142 Å². The van der Waals surface area contributed by atoms with Gasteiger partial charge in [0.1, 0.15) is 0 Å². The van der Waals surface area contributed by atoms with E-state index in [0.29, 0.717) is 0 Å². The van der Waals surface area contributed by atoms with Crippen LogP contribution in [0.4, 0.5) is 0 Å². The molecule has 0 aromatic carbocycles. The zero-order valence-electron chi connectivity index (χ0n) is 12.5. The summed E-state index contributed by atoms with van der Waals surface area (Å²) in [4.78, 5) is 10.2. The van der Waals surface area contributed by atoms with Crippen LogP contribution in [0.25, 0.3) is 9.96 Å². The molecule has 0 aromatic rings. The summed E-state index contributed by atoms with van der Waals surface area (Å²) in [6.07, 6.45) is 2.68. The fourth-order valence-electron chi connectivity index (χ4n) is 2.44. The molecule has 18 heavy (non-hydrogen) atoms. The Hall–Kier alpha value is 1.43. The van der Waals surface area contributed by atoms with E-state index >= 15 is 0 Å². The molecular weight excluding hydrogens is 319 g/mol. The molecule has 0 aromatic heterocycles. The zero-order chi connectivity index (χ0) is 11.7. The molecule has 0 unspecified atom stereocenters. The van der Waals surface area contributed by atoms with Crippen LogP contribution in [-0.2, 0) is 21.7 Å². The van der Waals surface area contributed by atoms with Crippen LogP contribution in [0, 0.1) is 0 Å². The first-order valence-electron chi connectivity index (χ1n) is 6.10. The summed E-state index contributed by atoms with van der Waals surface area (Å²) in [7, 11) is -1.65. The van der Waals surface area contributed by atoms with Gasteiger partial charge in [-0.3, -0.25) is 0 Å². The van der Waals surface area contributed by atoms with E-state index in [-0.39, 0.29) is 57.6 Å². The van der Waals surface area contributed by atoms with Gasteiger partial charge < -0.3 is 34.8 Å².